The maximum atomic E-state index is 6.44. The van der Waals surface area contributed by atoms with E-state index in [0.717, 1.165) is 36.4 Å². The predicted octanol–water partition coefficient (Wildman–Crippen LogP) is 4.49. The lowest BCUT2D eigenvalue weighted by Gasteiger charge is -2.41. The summed E-state index contributed by atoms with van der Waals surface area (Å²) in [6.45, 7) is 9.14. The van der Waals surface area contributed by atoms with Crippen LogP contribution >= 0.6 is 11.6 Å². The third-order valence-electron chi connectivity index (χ3n) is 4.98. The number of halogens is 1. The number of benzene rings is 1. The van der Waals surface area contributed by atoms with E-state index in [2.05, 4.69) is 37.8 Å². The summed E-state index contributed by atoms with van der Waals surface area (Å²) in [6.07, 6.45) is 3.55. The summed E-state index contributed by atoms with van der Waals surface area (Å²) >= 11 is 6.18. The number of rotatable bonds is 5. The van der Waals surface area contributed by atoms with Crippen LogP contribution in [-0.2, 0) is 0 Å². The first-order chi connectivity index (χ1) is 10.0. The van der Waals surface area contributed by atoms with Crippen LogP contribution < -0.4 is 5.73 Å². The van der Waals surface area contributed by atoms with Crippen molar-refractivity contribution in [3.63, 3.8) is 0 Å². The maximum absolute atomic E-state index is 6.44. The van der Waals surface area contributed by atoms with E-state index in [9.17, 15) is 0 Å². The molecule has 2 rings (SSSR count). The Bertz CT molecular complexity index is 439. The van der Waals surface area contributed by atoms with Crippen molar-refractivity contribution in [2.24, 2.45) is 17.6 Å². The Balaban J connectivity index is 2.14. The summed E-state index contributed by atoms with van der Waals surface area (Å²) in [5.41, 5.74) is 7.70. The van der Waals surface area contributed by atoms with Gasteiger partial charge in [-0.3, -0.25) is 4.90 Å². The smallest absolute Gasteiger partial charge is 0.0499 e. The molecule has 1 heterocycles. The topological polar surface area (TPSA) is 29.3 Å². The van der Waals surface area contributed by atoms with Crippen LogP contribution in [0.1, 0.15) is 51.6 Å². The average molecular weight is 309 g/mol. The normalized spacial score (nSPS) is 20.7. The third kappa shape index (κ3) is 4.21. The molecule has 0 amide bonds. The lowest BCUT2D eigenvalue weighted by atomic mass is 9.85. The zero-order chi connectivity index (χ0) is 15.4. The van der Waals surface area contributed by atoms with Crippen molar-refractivity contribution in [1.29, 1.82) is 0 Å². The molecule has 3 heteroatoms. The van der Waals surface area contributed by atoms with Crippen molar-refractivity contribution in [3.05, 3.63) is 34.9 Å². The molecule has 2 atom stereocenters. The van der Waals surface area contributed by atoms with Gasteiger partial charge in [0.2, 0.25) is 0 Å². The largest absolute Gasteiger partial charge is 0.326 e. The van der Waals surface area contributed by atoms with Gasteiger partial charge in [-0.2, -0.15) is 0 Å². The van der Waals surface area contributed by atoms with E-state index in [1.54, 1.807) is 0 Å². The van der Waals surface area contributed by atoms with Gasteiger partial charge in [-0.25, -0.2) is 0 Å². The molecule has 2 unspecified atom stereocenters. The summed E-state index contributed by atoms with van der Waals surface area (Å²) in [4.78, 5) is 2.57. The summed E-state index contributed by atoms with van der Waals surface area (Å²) in [7, 11) is 0. The molecule has 0 aromatic heterocycles. The Morgan fingerprint density at radius 1 is 1.29 bits per heavy atom. The zero-order valence-corrected chi connectivity index (χ0v) is 14.3. The number of piperidine rings is 1. The Hall–Kier alpha value is -0.570. The van der Waals surface area contributed by atoms with Gasteiger partial charge in [0.25, 0.3) is 0 Å². The monoisotopic (exact) mass is 308 g/mol. The molecule has 0 saturated carbocycles. The van der Waals surface area contributed by atoms with Crippen LogP contribution in [0.15, 0.2) is 24.3 Å². The van der Waals surface area contributed by atoms with Gasteiger partial charge in [-0.15, -0.1) is 0 Å². The van der Waals surface area contributed by atoms with Gasteiger partial charge in [-0.1, -0.05) is 44.5 Å². The number of nitrogens with zero attached hydrogens (tertiary/aromatic N) is 1. The number of hydrogen-bond acceptors (Lipinski definition) is 2. The van der Waals surface area contributed by atoms with E-state index < -0.39 is 0 Å². The Morgan fingerprint density at radius 2 is 1.95 bits per heavy atom. The SMILES string of the molecule is CCC(N)C(c1cccc(Cl)c1)N1CCC(C(C)C)CC1. The molecule has 1 saturated heterocycles. The Kier molecular flexibility index (Phi) is 6.09. The van der Waals surface area contributed by atoms with Gasteiger partial charge < -0.3 is 5.73 Å². The van der Waals surface area contributed by atoms with Gasteiger partial charge in [0.15, 0.2) is 0 Å². The molecular weight excluding hydrogens is 280 g/mol. The van der Waals surface area contributed by atoms with Crippen LogP contribution in [0.4, 0.5) is 0 Å². The molecular formula is C18H29ClN2. The van der Waals surface area contributed by atoms with E-state index in [-0.39, 0.29) is 6.04 Å². The molecule has 118 valence electrons. The van der Waals surface area contributed by atoms with Crippen LogP contribution in [0.3, 0.4) is 0 Å². The van der Waals surface area contributed by atoms with Gasteiger partial charge >= 0.3 is 0 Å². The van der Waals surface area contributed by atoms with E-state index in [4.69, 9.17) is 17.3 Å². The first-order valence-electron chi connectivity index (χ1n) is 8.28. The third-order valence-corrected chi connectivity index (χ3v) is 5.21. The van der Waals surface area contributed by atoms with E-state index in [0.29, 0.717) is 6.04 Å². The van der Waals surface area contributed by atoms with E-state index in [1.807, 2.05) is 12.1 Å². The quantitative estimate of drug-likeness (QED) is 0.868. The van der Waals surface area contributed by atoms with Gasteiger partial charge in [0.05, 0.1) is 0 Å². The molecule has 0 bridgehead atoms. The second-order valence-corrected chi connectivity index (χ2v) is 7.13. The standard InChI is InChI=1S/C18H29ClN2/c1-4-17(20)18(15-6-5-7-16(19)12-15)21-10-8-14(9-11-21)13(2)3/h5-7,12-14,17-18H,4,8-11,20H2,1-3H3. The second kappa shape index (κ2) is 7.62. The summed E-state index contributed by atoms with van der Waals surface area (Å²) in [6, 6.07) is 8.68. The maximum Gasteiger partial charge on any atom is 0.0499 e. The molecule has 0 aliphatic carbocycles. The molecule has 0 spiro atoms. The van der Waals surface area contributed by atoms with Crippen molar-refractivity contribution in [2.45, 2.75) is 52.1 Å². The van der Waals surface area contributed by atoms with Crippen LogP contribution in [0, 0.1) is 11.8 Å². The van der Waals surface area contributed by atoms with Crippen LogP contribution in [0.5, 0.6) is 0 Å². The summed E-state index contributed by atoms with van der Waals surface area (Å²) < 4.78 is 0. The fourth-order valence-electron chi connectivity index (χ4n) is 3.51. The average Bonchev–Trinajstić information content (AvgIpc) is 2.48. The Labute approximate surface area is 134 Å². The highest BCUT2D eigenvalue weighted by Crippen LogP contribution is 2.33. The lowest BCUT2D eigenvalue weighted by Crippen LogP contribution is -2.45. The molecule has 2 nitrogen and oxygen atoms in total. The van der Waals surface area contributed by atoms with E-state index in [1.165, 1.54) is 18.4 Å². The fraction of sp³-hybridized carbons (Fsp3) is 0.667. The zero-order valence-electron chi connectivity index (χ0n) is 13.6. The molecule has 1 aliphatic heterocycles. The van der Waals surface area contributed by atoms with E-state index >= 15 is 0 Å². The number of hydrogen-bond donors (Lipinski definition) is 1. The molecule has 1 aliphatic rings. The predicted molar refractivity (Wildman–Crippen MR) is 91.6 cm³/mol. The first-order valence-corrected chi connectivity index (χ1v) is 8.65. The van der Waals surface area contributed by atoms with Crippen molar-refractivity contribution in [3.8, 4) is 0 Å². The highest BCUT2D eigenvalue weighted by molar-refractivity contribution is 6.30. The number of nitrogens with two attached hydrogens (primary N) is 1. The highest BCUT2D eigenvalue weighted by atomic mass is 35.5. The molecule has 21 heavy (non-hydrogen) atoms. The molecule has 0 radical (unpaired) electrons. The summed E-state index contributed by atoms with van der Waals surface area (Å²) in [5.74, 6) is 1.65. The minimum absolute atomic E-state index is 0.166. The van der Waals surface area contributed by atoms with Crippen molar-refractivity contribution in [2.75, 3.05) is 13.1 Å². The minimum atomic E-state index is 0.166. The van der Waals surface area contributed by atoms with Crippen molar-refractivity contribution in [1.82, 2.24) is 4.90 Å². The van der Waals surface area contributed by atoms with Crippen LogP contribution in [0.2, 0.25) is 5.02 Å². The van der Waals surface area contributed by atoms with Crippen molar-refractivity contribution < 1.29 is 0 Å². The molecule has 1 fully saturated rings. The lowest BCUT2D eigenvalue weighted by molar-refractivity contribution is 0.0993. The summed E-state index contributed by atoms with van der Waals surface area (Å²) in [5, 5.41) is 0.804. The number of likely N-dealkylation sites (tertiary alicyclic amines) is 1. The van der Waals surface area contributed by atoms with Crippen LogP contribution in [-0.4, -0.2) is 24.0 Å². The van der Waals surface area contributed by atoms with Gasteiger partial charge in [0, 0.05) is 17.1 Å². The minimum Gasteiger partial charge on any atom is -0.326 e. The van der Waals surface area contributed by atoms with Crippen LogP contribution in [0.25, 0.3) is 0 Å². The second-order valence-electron chi connectivity index (χ2n) is 6.69. The Morgan fingerprint density at radius 3 is 2.48 bits per heavy atom. The van der Waals surface area contributed by atoms with Gasteiger partial charge in [-0.05, 0) is 61.9 Å². The van der Waals surface area contributed by atoms with Crippen molar-refractivity contribution >= 4 is 11.6 Å². The fourth-order valence-corrected chi connectivity index (χ4v) is 3.71. The molecule has 1 aromatic carbocycles. The van der Waals surface area contributed by atoms with Gasteiger partial charge in [0.1, 0.15) is 0 Å². The molecule has 2 N–H and O–H groups in total. The highest BCUT2D eigenvalue weighted by Gasteiger charge is 2.30. The molecule has 1 aromatic rings. The first kappa shape index (κ1) is 16.8.